The molecule has 0 bridgehead atoms. The van der Waals surface area contributed by atoms with Crippen molar-refractivity contribution >= 4 is 17.4 Å². The molecule has 0 aromatic heterocycles. The van der Waals surface area contributed by atoms with Gasteiger partial charge in [-0.15, -0.1) is 0 Å². The van der Waals surface area contributed by atoms with Crippen molar-refractivity contribution in [3.63, 3.8) is 0 Å². The summed E-state index contributed by atoms with van der Waals surface area (Å²) >= 11 is 0. The number of Topliss-reactive ketones (excluding diaryl/α,β-unsaturated/α-hetero) is 1. The molecular formula is C16H13F2NO3. The number of ketones is 1. The van der Waals surface area contributed by atoms with E-state index in [4.69, 9.17) is 4.74 Å². The minimum Gasteiger partial charge on any atom is -0.484 e. The van der Waals surface area contributed by atoms with E-state index in [1.807, 2.05) is 0 Å². The summed E-state index contributed by atoms with van der Waals surface area (Å²) < 4.78 is 31.5. The fourth-order valence-corrected chi connectivity index (χ4v) is 1.71. The average Bonchev–Trinajstić information content (AvgIpc) is 2.49. The molecule has 0 unspecified atom stereocenters. The zero-order chi connectivity index (χ0) is 16.1. The molecule has 0 fully saturated rings. The van der Waals surface area contributed by atoms with E-state index in [1.54, 1.807) is 24.3 Å². The summed E-state index contributed by atoms with van der Waals surface area (Å²) in [5.41, 5.74) is 0.277. The minimum absolute atomic E-state index is 0.0779. The monoisotopic (exact) mass is 305 g/mol. The number of carbonyl (C=O) groups excluding carboxylic acids is 2. The van der Waals surface area contributed by atoms with Gasteiger partial charge in [0.1, 0.15) is 17.4 Å². The molecule has 0 heterocycles. The van der Waals surface area contributed by atoms with Crippen LogP contribution < -0.4 is 10.1 Å². The lowest BCUT2D eigenvalue weighted by molar-refractivity contribution is -0.118. The van der Waals surface area contributed by atoms with E-state index in [1.165, 1.54) is 6.92 Å². The van der Waals surface area contributed by atoms with Crippen LogP contribution in [0.1, 0.15) is 17.3 Å². The number of rotatable bonds is 5. The van der Waals surface area contributed by atoms with Crippen LogP contribution in [-0.2, 0) is 4.79 Å². The maximum Gasteiger partial charge on any atom is 0.262 e. The second-order valence-electron chi connectivity index (χ2n) is 4.54. The lowest BCUT2D eigenvalue weighted by Crippen LogP contribution is -2.20. The Labute approximate surface area is 125 Å². The molecule has 2 aromatic carbocycles. The van der Waals surface area contributed by atoms with Gasteiger partial charge in [-0.2, -0.15) is 0 Å². The van der Waals surface area contributed by atoms with Crippen molar-refractivity contribution in [3.05, 3.63) is 59.7 Å². The van der Waals surface area contributed by atoms with Gasteiger partial charge in [0.25, 0.3) is 5.91 Å². The van der Waals surface area contributed by atoms with Gasteiger partial charge >= 0.3 is 0 Å². The van der Waals surface area contributed by atoms with Crippen molar-refractivity contribution < 1.29 is 23.1 Å². The Kier molecular flexibility index (Phi) is 4.83. The zero-order valence-electron chi connectivity index (χ0n) is 11.7. The number of hydrogen-bond donors (Lipinski definition) is 1. The number of halogens is 2. The van der Waals surface area contributed by atoms with Crippen LogP contribution in [-0.4, -0.2) is 18.3 Å². The summed E-state index contributed by atoms with van der Waals surface area (Å²) in [6, 6.07) is 9.00. The van der Waals surface area contributed by atoms with Crippen molar-refractivity contribution in [3.8, 4) is 5.75 Å². The van der Waals surface area contributed by atoms with Crippen molar-refractivity contribution in [1.82, 2.24) is 0 Å². The molecule has 0 aliphatic carbocycles. The highest BCUT2D eigenvalue weighted by molar-refractivity contribution is 5.94. The number of anilines is 1. The first-order valence-electron chi connectivity index (χ1n) is 6.44. The predicted molar refractivity (Wildman–Crippen MR) is 76.9 cm³/mol. The first-order valence-corrected chi connectivity index (χ1v) is 6.44. The Morgan fingerprint density at radius 3 is 2.41 bits per heavy atom. The van der Waals surface area contributed by atoms with Gasteiger partial charge in [0.15, 0.2) is 12.4 Å². The topological polar surface area (TPSA) is 55.4 Å². The standard InChI is InChI=1S/C16H13F2NO3/c1-10(20)11-2-5-13(6-3-11)22-9-16(21)19-15-8-12(17)4-7-14(15)18/h2-8H,9H2,1H3,(H,19,21). The predicted octanol–water partition coefficient (Wildman–Crippen LogP) is 3.18. The van der Waals surface area contributed by atoms with Crippen molar-refractivity contribution in [1.29, 1.82) is 0 Å². The van der Waals surface area contributed by atoms with E-state index < -0.39 is 17.5 Å². The molecule has 0 saturated heterocycles. The van der Waals surface area contributed by atoms with Gasteiger partial charge in [0, 0.05) is 11.6 Å². The molecule has 0 atom stereocenters. The molecule has 4 nitrogen and oxygen atoms in total. The Morgan fingerprint density at radius 2 is 1.77 bits per heavy atom. The third kappa shape index (κ3) is 4.12. The summed E-state index contributed by atoms with van der Waals surface area (Å²) in [5.74, 6) is -1.70. The lowest BCUT2D eigenvalue weighted by atomic mass is 10.1. The molecule has 114 valence electrons. The van der Waals surface area contributed by atoms with Crippen LogP contribution >= 0.6 is 0 Å². The van der Waals surface area contributed by atoms with Crippen LogP contribution in [0.3, 0.4) is 0 Å². The van der Waals surface area contributed by atoms with Crippen molar-refractivity contribution in [2.24, 2.45) is 0 Å². The Balaban J connectivity index is 1.92. The molecule has 2 rings (SSSR count). The van der Waals surface area contributed by atoms with Gasteiger partial charge in [-0.25, -0.2) is 8.78 Å². The van der Waals surface area contributed by atoms with Gasteiger partial charge in [-0.1, -0.05) is 0 Å². The summed E-state index contributed by atoms with van der Waals surface area (Å²) in [4.78, 5) is 22.8. The van der Waals surface area contributed by atoms with E-state index in [0.717, 1.165) is 18.2 Å². The van der Waals surface area contributed by atoms with Crippen LogP contribution in [0.25, 0.3) is 0 Å². The fourth-order valence-electron chi connectivity index (χ4n) is 1.71. The van der Waals surface area contributed by atoms with E-state index in [-0.39, 0.29) is 18.1 Å². The molecule has 1 amide bonds. The van der Waals surface area contributed by atoms with E-state index in [9.17, 15) is 18.4 Å². The van der Waals surface area contributed by atoms with Gasteiger partial charge in [-0.3, -0.25) is 9.59 Å². The number of hydrogen-bond acceptors (Lipinski definition) is 3. The smallest absolute Gasteiger partial charge is 0.262 e. The second-order valence-corrected chi connectivity index (χ2v) is 4.54. The lowest BCUT2D eigenvalue weighted by Gasteiger charge is -2.08. The van der Waals surface area contributed by atoms with E-state index in [2.05, 4.69) is 5.32 Å². The first kappa shape index (κ1) is 15.6. The molecule has 0 spiro atoms. The molecule has 1 N–H and O–H groups in total. The minimum atomic E-state index is -0.736. The van der Waals surface area contributed by atoms with Gasteiger partial charge in [-0.05, 0) is 43.3 Å². The molecule has 2 aromatic rings. The molecule has 0 saturated carbocycles. The van der Waals surface area contributed by atoms with Crippen molar-refractivity contribution in [2.45, 2.75) is 6.92 Å². The van der Waals surface area contributed by atoms with Gasteiger partial charge in [0.2, 0.25) is 0 Å². The van der Waals surface area contributed by atoms with Crippen LogP contribution in [0.5, 0.6) is 5.75 Å². The number of nitrogens with one attached hydrogen (secondary N) is 1. The molecule has 6 heteroatoms. The largest absolute Gasteiger partial charge is 0.484 e. The Bertz CT molecular complexity index is 699. The number of ether oxygens (including phenoxy) is 1. The molecule has 0 radical (unpaired) electrons. The fraction of sp³-hybridized carbons (Fsp3) is 0.125. The summed E-state index contributed by atoms with van der Waals surface area (Å²) in [6.07, 6.45) is 0. The molecule has 0 aliphatic heterocycles. The zero-order valence-corrected chi connectivity index (χ0v) is 11.7. The molecule has 0 aliphatic rings. The highest BCUT2D eigenvalue weighted by Gasteiger charge is 2.09. The summed E-state index contributed by atoms with van der Waals surface area (Å²) in [6.45, 7) is 1.08. The third-order valence-corrected chi connectivity index (χ3v) is 2.83. The quantitative estimate of drug-likeness (QED) is 0.863. The number of amides is 1. The summed E-state index contributed by atoms with van der Waals surface area (Å²) in [5, 5.41) is 2.22. The number of benzene rings is 2. The maximum atomic E-state index is 13.4. The van der Waals surface area contributed by atoms with E-state index >= 15 is 0 Å². The third-order valence-electron chi connectivity index (χ3n) is 2.83. The Morgan fingerprint density at radius 1 is 1.09 bits per heavy atom. The van der Waals surface area contributed by atoms with Crippen LogP contribution in [0, 0.1) is 11.6 Å². The highest BCUT2D eigenvalue weighted by atomic mass is 19.1. The second kappa shape index (κ2) is 6.80. The van der Waals surface area contributed by atoms with Gasteiger partial charge < -0.3 is 10.1 Å². The Hall–Kier alpha value is -2.76. The highest BCUT2D eigenvalue weighted by Crippen LogP contribution is 2.16. The molecular weight excluding hydrogens is 292 g/mol. The molecule has 22 heavy (non-hydrogen) atoms. The van der Waals surface area contributed by atoms with Gasteiger partial charge in [0.05, 0.1) is 5.69 Å². The average molecular weight is 305 g/mol. The maximum absolute atomic E-state index is 13.4. The van der Waals surface area contributed by atoms with Crippen molar-refractivity contribution in [2.75, 3.05) is 11.9 Å². The van der Waals surface area contributed by atoms with Crippen LogP contribution in [0.15, 0.2) is 42.5 Å². The summed E-state index contributed by atoms with van der Waals surface area (Å²) in [7, 11) is 0. The number of carbonyl (C=O) groups is 2. The van der Waals surface area contributed by atoms with E-state index in [0.29, 0.717) is 11.3 Å². The first-order chi connectivity index (χ1) is 10.5. The van der Waals surface area contributed by atoms with Crippen LogP contribution in [0.4, 0.5) is 14.5 Å². The SMILES string of the molecule is CC(=O)c1ccc(OCC(=O)Nc2cc(F)ccc2F)cc1. The van der Waals surface area contributed by atoms with Crippen LogP contribution in [0.2, 0.25) is 0 Å². The normalized spacial score (nSPS) is 10.1.